The van der Waals surface area contributed by atoms with Gasteiger partial charge in [0.15, 0.2) is 5.82 Å². The van der Waals surface area contributed by atoms with Crippen LogP contribution in [-0.2, 0) is 4.79 Å². The van der Waals surface area contributed by atoms with Gasteiger partial charge in [-0.05, 0) is 68.7 Å². The number of hydrogen-bond donors (Lipinski definition) is 2. The number of aromatic nitrogens is 3. The second-order valence-electron chi connectivity index (χ2n) is 9.95. The highest BCUT2D eigenvalue weighted by atomic mass is 19.1. The minimum absolute atomic E-state index is 0.0209. The number of nitrogens with one attached hydrogen (secondary N) is 2. The first-order valence-corrected chi connectivity index (χ1v) is 13.0. The van der Waals surface area contributed by atoms with Crippen LogP contribution in [0.4, 0.5) is 4.39 Å². The average Bonchev–Trinajstić information content (AvgIpc) is 3.35. The molecule has 1 aliphatic heterocycles. The third-order valence-corrected chi connectivity index (χ3v) is 7.07. The maximum absolute atomic E-state index is 14.7. The van der Waals surface area contributed by atoms with E-state index in [-0.39, 0.29) is 23.7 Å². The second-order valence-corrected chi connectivity index (χ2v) is 9.95. The first-order chi connectivity index (χ1) is 18.6. The van der Waals surface area contributed by atoms with Gasteiger partial charge in [0.2, 0.25) is 5.91 Å². The summed E-state index contributed by atoms with van der Waals surface area (Å²) in [5.41, 5.74) is 3.06. The molecule has 2 N–H and O–H groups in total. The molecule has 39 heavy (non-hydrogen) atoms. The molecule has 3 aromatic rings. The zero-order valence-electron chi connectivity index (χ0n) is 23.0. The molecule has 9 nitrogen and oxygen atoms in total. The van der Waals surface area contributed by atoms with E-state index in [9.17, 15) is 14.0 Å². The van der Waals surface area contributed by atoms with Crippen LogP contribution in [0.25, 0.3) is 11.4 Å². The molecule has 0 saturated carbocycles. The van der Waals surface area contributed by atoms with Crippen molar-refractivity contribution in [2.75, 3.05) is 33.2 Å². The molecule has 0 radical (unpaired) electrons. The van der Waals surface area contributed by atoms with Crippen molar-refractivity contribution in [3.63, 3.8) is 0 Å². The van der Waals surface area contributed by atoms with Gasteiger partial charge < -0.3 is 15.0 Å². The smallest absolute Gasteiger partial charge is 0.254 e. The lowest BCUT2D eigenvalue weighted by molar-refractivity contribution is -0.130. The normalized spacial score (nSPS) is 16.6. The largest absolute Gasteiger partial charge is 0.484 e. The first-order valence-electron chi connectivity index (χ1n) is 13.0. The minimum atomic E-state index is -0.576. The summed E-state index contributed by atoms with van der Waals surface area (Å²) in [4.78, 5) is 33.6. The summed E-state index contributed by atoms with van der Waals surface area (Å²) >= 11 is 0. The number of benzene rings is 2. The van der Waals surface area contributed by atoms with Crippen LogP contribution < -0.4 is 10.1 Å². The van der Waals surface area contributed by atoms with Crippen molar-refractivity contribution in [1.29, 1.82) is 0 Å². The predicted octanol–water partition coefficient (Wildman–Crippen LogP) is 3.73. The Balaban J connectivity index is 1.69. The predicted molar refractivity (Wildman–Crippen MR) is 147 cm³/mol. The van der Waals surface area contributed by atoms with E-state index in [1.165, 1.54) is 12.1 Å². The Morgan fingerprint density at radius 2 is 2.00 bits per heavy atom. The number of carbonyl (C=O) groups is 2. The number of amides is 2. The fourth-order valence-electron chi connectivity index (χ4n) is 4.85. The van der Waals surface area contributed by atoms with E-state index in [0.717, 1.165) is 5.56 Å². The van der Waals surface area contributed by atoms with E-state index in [4.69, 9.17) is 4.74 Å². The fourth-order valence-corrected chi connectivity index (χ4v) is 4.85. The van der Waals surface area contributed by atoms with Crippen molar-refractivity contribution in [2.45, 2.75) is 39.8 Å². The molecule has 0 spiro atoms. The van der Waals surface area contributed by atoms with Crippen molar-refractivity contribution < 1.29 is 18.7 Å². The van der Waals surface area contributed by atoms with E-state index in [1.54, 1.807) is 37.1 Å². The number of hydrogen-bond acceptors (Lipinski definition) is 6. The van der Waals surface area contributed by atoms with Gasteiger partial charge in [-0.25, -0.2) is 9.37 Å². The van der Waals surface area contributed by atoms with Crippen LogP contribution in [0.3, 0.4) is 0 Å². The van der Waals surface area contributed by atoms with Gasteiger partial charge in [0.25, 0.3) is 5.91 Å². The fraction of sp³-hybridized carbons (Fsp3) is 0.379. The molecule has 2 heterocycles. The summed E-state index contributed by atoms with van der Waals surface area (Å²) < 4.78 is 21.2. The molecular weight excluding hydrogens is 499 g/mol. The van der Waals surface area contributed by atoms with Gasteiger partial charge >= 0.3 is 0 Å². The molecule has 0 unspecified atom stereocenters. The van der Waals surface area contributed by atoms with Gasteiger partial charge in [-0.15, -0.1) is 0 Å². The van der Waals surface area contributed by atoms with Crippen LogP contribution in [0.5, 0.6) is 5.75 Å². The number of nitrogens with zero attached hydrogens (tertiary/aromatic N) is 4. The summed E-state index contributed by atoms with van der Waals surface area (Å²) in [5, 5.41) is 9.76. The highest BCUT2D eigenvalue weighted by Gasteiger charge is 2.29. The van der Waals surface area contributed by atoms with Crippen LogP contribution in [-0.4, -0.2) is 76.1 Å². The van der Waals surface area contributed by atoms with Gasteiger partial charge in [-0.2, -0.15) is 5.10 Å². The summed E-state index contributed by atoms with van der Waals surface area (Å²) in [6.45, 7) is 13.3. The Morgan fingerprint density at radius 3 is 2.62 bits per heavy atom. The van der Waals surface area contributed by atoms with E-state index in [0.29, 0.717) is 65.8 Å². The van der Waals surface area contributed by atoms with Gasteiger partial charge in [0, 0.05) is 44.8 Å². The molecular formula is C29H35FN6O3. The van der Waals surface area contributed by atoms with Crippen molar-refractivity contribution in [1.82, 2.24) is 30.3 Å². The standard InChI is InChI=1S/C29H35FN6O3/c1-7-27(37)36-11-10-35(15-19(36)4)16-26(21-9-8-17(2)24(30)13-21)39-25-12-18(3)22(14-23(25)29(38)31-6)28-32-20(5)33-34-28/h7-9,12-14,19,26H,1,10-11,15-16H2,2-6H3,(H,31,38)(H,32,33,34)/t19-,26-/m1/s1. The van der Waals surface area contributed by atoms with Crippen molar-refractivity contribution in [3.05, 3.63) is 76.9 Å². The van der Waals surface area contributed by atoms with E-state index < -0.39 is 6.10 Å². The Hall–Kier alpha value is -4.05. The molecule has 4 rings (SSSR count). The Kier molecular flexibility index (Phi) is 8.44. The van der Waals surface area contributed by atoms with Crippen molar-refractivity contribution in [3.8, 4) is 17.1 Å². The lowest BCUT2D eigenvalue weighted by Gasteiger charge is -2.40. The molecule has 1 saturated heterocycles. The van der Waals surface area contributed by atoms with Crippen LogP contribution in [0.1, 0.15) is 45.9 Å². The Bertz CT molecular complexity index is 1390. The van der Waals surface area contributed by atoms with Gasteiger partial charge in [-0.3, -0.25) is 19.6 Å². The summed E-state index contributed by atoms with van der Waals surface area (Å²) in [5.74, 6) is 0.785. The molecule has 2 atom stereocenters. The number of rotatable bonds is 8. The van der Waals surface area contributed by atoms with Crippen LogP contribution in [0, 0.1) is 26.6 Å². The zero-order chi connectivity index (χ0) is 28.3. The summed E-state index contributed by atoms with van der Waals surface area (Å²) in [6, 6.07) is 8.56. The monoisotopic (exact) mass is 534 g/mol. The quantitative estimate of drug-likeness (QED) is 0.427. The number of aromatic amines is 1. The molecule has 206 valence electrons. The van der Waals surface area contributed by atoms with Gasteiger partial charge in [0.1, 0.15) is 23.5 Å². The minimum Gasteiger partial charge on any atom is -0.484 e. The number of piperazine rings is 1. The maximum Gasteiger partial charge on any atom is 0.254 e. The van der Waals surface area contributed by atoms with Crippen molar-refractivity contribution in [2.24, 2.45) is 0 Å². The second kappa shape index (κ2) is 11.8. The highest BCUT2D eigenvalue weighted by Crippen LogP contribution is 2.33. The summed E-state index contributed by atoms with van der Waals surface area (Å²) in [7, 11) is 1.56. The van der Waals surface area contributed by atoms with Gasteiger partial charge in [0.05, 0.1) is 5.56 Å². The van der Waals surface area contributed by atoms with Crippen LogP contribution in [0.15, 0.2) is 43.0 Å². The van der Waals surface area contributed by atoms with Crippen LogP contribution >= 0.6 is 0 Å². The Labute approximate surface area is 228 Å². The molecule has 1 aromatic heterocycles. The topological polar surface area (TPSA) is 103 Å². The lowest BCUT2D eigenvalue weighted by atomic mass is 10.0. The highest BCUT2D eigenvalue weighted by molar-refractivity contribution is 5.98. The number of carbonyl (C=O) groups excluding carboxylic acids is 2. The molecule has 0 aliphatic carbocycles. The lowest BCUT2D eigenvalue weighted by Crippen LogP contribution is -2.54. The molecule has 2 aromatic carbocycles. The van der Waals surface area contributed by atoms with E-state index in [2.05, 4.69) is 32.0 Å². The van der Waals surface area contributed by atoms with E-state index >= 15 is 0 Å². The third kappa shape index (κ3) is 6.17. The average molecular weight is 535 g/mol. The first kappa shape index (κ1) is 28.0. The zero-order valence-corrected chi connectivity index (χ0v) is 23.0. The third-order valence-electron chi connectivity index (χ3n) is 7.07. The molecule has 2 amide bonds. The number of ether oxygens (including phenoxy) is 1. The number of halogens is 1. The number of H-pyrrole nitrogens is 1. The Morgan fingerprint density at radius 1 is 1.23 bits per heavy atom. The molecule has 1 fully saturated rings. The molecule has 0 bridgehead atoms. The van der Waals surface area contributed by atoms with Gasteiger partial charge in [-0.1, -0.05) is 18.7 Å². The summed E-state index contributed by atoms with van der Waals surface area (Å²) in [6.07, 6.45) is 0.757. The SMILES string of the molecule is C=CC(=O)N1CCN(C[C@@H](Oc2cc(C)c(-c3n[nH]c(C)n3)cc2C(=O)NC)c2ccc(C)c(F)c2)C[C@H]1C. The van der Waals surface area contributed by atoms with Crippen molar-refractivity contribution >= 4 is 11.8 Å². The van der Waals surface area contributed by atoms with Crippen LogP contribution in [0.2, 0.25) is 0 Å². The maximum atomic E-state index is 14.7. The van der Waals surface area contributed by atoms with E-state index in [1.807, 2.05) is 26.8 Å². The molecule has 1 aliphatic rings. The number of aryl methyl sites for hydroxylation is 3. The molecule has 10 heteroatoms.